The second-order valence-electron chi connectivity index (χ2n) is 5.99. The second kappa shape index (κ2) is 10.6. The Balaban J connectivity index is 1.76. The molecule has 0 unspecified atom stereocenters. The Hall–Kier alpha value is -0.270. The smallest absolute Gasteiger partial charge is 0.233 e. The van der Waals surface area contributed by atoms with E-state index in [0.717, 1.165) is 27.3 Å². The number of nitrogens with zero attached hydrogens (tertiary/aromatic N) is 2. The summed E-state index contributed by atoms with van der Waals surface area (Å²) in [5, 5.41) is 11.5. The number of hydrogen-bond acceptors (Lipinski definition) is 6. The van der Waals surface area contributed by atoms with Crippen LogP contribution in [-0.4, -0.2) is 33.1 Å². The Morgan fingerprint density at radius 3 is 2.65 bits per heavy atom. The van der Waals surface area contributed by atoms with Gasteiger partial charge in [0.1, 0.15) is 0 Å². The molecule has 1 aliphatic rings. The van der Waals surface area contributed by atoms with Gasteiger partial charge >= 0.3 is 0 Å². The quantitative estimate of drug-likeness (QED) is 0.405. The number of carbonyl (C=O) groups excluding carboxylic acids is 1. The van der Waals surface area contributed by atoms with E-state index in [9.17, 15) is 4.79 Å². The van der Waals surface area contributed by atoms with Gasteiger partial charge in [0.2, 0.25) is 5.91 Å². The number of unbranched alkanes of at least 4 members (excludes halogenated alkanes) is 1. The minimum Gasteiger partial charge on any atom is -0.352 e. The Bertz CT molecular complexity index is 473. The van der Waals surface area contributed by atoms with Gasteiger partial charge in [-0.25, -0.2) is 0 Å². The average Bonchev–Trinajstić information content (AvgIpc) is 2.81. The summed E-state index contributed by atoms with van der Waals surface area (Å²) in [5.41, 5.74) is 0. The van der Waals surface area contributed by atoms with Gasteiger partial charge in [-0.1, -0.05) is 73.9 Å². The highest BCUT2D eigenvalue weighted by molar-refractivity contribution is 8.03. The number of rotatable bonds is 8. The lowest BCUT2D eigenvalue weighted by molar-refractivity contribution is -0.121. The molecule has 0 spiro atoms. The summed E-state index contributed by atoms with van der Waals surface area (Å²) in [7, 11) is 0. The van der Waals surface area contributed by atoms with Crippen molar-refractivity contribution in [3.63, 3.8) is 0 Å². The molecule has 1 N–H and O–H groups in total. The molecule has 23 heavy (non-hydrogen) atoms. The van der Waals surface area contributed by atoms with E-state index < -0.39 is 0 Å². The molecule has 0 bridgehead atoms. The van der Waals surface area contributed by atoms with Crippen molar-refractivity contribution in [3.8, 4) is 0 Å². The first kappa shape index (κ1) is 19.1. The molecule has 1 heterocycles. The van der Waals surface area contributed by atoms with E-state index in [2.05, 4.69) is 22.4 Å². The van der Waals surface area contributed by atoms with E-state index >= 15 is 0 Å². The van der Waals surface area contributed by atoms with Gasteiger partial charge in [0.05, 0.1) is 5.25 Å². The van der Waals surface area contributed by atoms with Crippen LogP contribution in [0.15, 0.2) is 8.68 Å². The van der Waals surface area contributed by atoms with Crippen LogP contribution < -0.4 is 5.32 Å². The van der Waals surface area contributed by atoms with Crippen LogP contribution >= 0.6 is 34.9 Å². The van der Waals surface area contributed by atoms with Gasteiger partial charge in [0, 0.05) is 11.8 Å². The lowest BCUT2D eigenvalue weighted by Gasteiger charge is -2.18. The minimum absolute atomic E-state index is 0.111. The first-order valence-corrected chi connectivity index (χ1v) is 11.3. The molecule has 130 valence electrons. The summed E-state index contributed by atoms with van der Waals surface area (Å²) in [4.78, 5) is 12.4. The highest BCUT2D eigenvalue weighted by atomic mass is 32.2. The van der Waals surface area contributed by atoms with Gasteiger partial charge in [-0.05, 0) is 26.2 Å². The van der Waals surface area contributed by atoms with Crippen LogP contribution in [0.1, 0.15) is 65.2 Å². The Morgan fingerprint density at radius 1 is 1.26 bits per heavy atom. The fourth-order valence-electron chi connectivity index (χ4n) is 2.55. The minimum atomic E-state index is -0.111. The van der Waals surface area contributed by atoms with E-state index in [1.54, 1.807) is 23.1 Å². The first-order chi connectivity index (χ1) is 11.2. The van der Waals surface area contributed by atoms with Crippen LogP contribution in [0.4, 0.5) is 0 Å². The molecular formula is C16H27N3OS3. The molecule has 1 atom stereocenters. The number of amides is 1. The lowest BCUT2D eigenvalue weighted by Crippen LogP contribution is -2.39. The number of hydrogen-bond donors (Lipinski definition) is 1. The summed E-state index contributed by atoms with van der Waals surface area (Å²) >= 11 is 4.89. The fraction of sp³-hybridized carbons (Fsp3) is 0.812. The van der Waals surface area contributed by atoms with Crippen LogP contribution in [0.3, 0.4) is 0 Å². The first-order valence-electron chi connectivity index (χ1n) is 8.62. The molecule has 0 radical (unpaired) electrons. The van der Waals surface area contributed by atoms with Crippen molar-refractivity contribution in [1.29, 1.82) is 0 Å². The molecular weight excluding hydrogens is 346 g/mol. The SMILES string of the molecule is CCCCSc1nnc(S[C@@H](C)C(=O)NC2CCCCCC2)s1. The number of carbonyl (C=O) groups is 1. The van der Waals surface area contributed by atoms with Crippen LogP contribution in [0.25, 0.3) is 0 Å². The third-order valence-corrected chi connectivity index (χ3v) is 7.29. The monoisotopic (exact) mass is 373 g/mol. The van der Waals surface area contributed by atoms with Gasteiger partial charge in [0.15, 0.2) is 8.68 Å². The molecule has 2 rings (SSSR count). The fourth-order valence-corrected chi connectivity index (χ4v) is 5.88. The lowest BCUT2D eigenvalue weighted by atomic mass is 10.1. The van der Waals surface area contributed by atoms with E-state index in [4.69, 9.17) is 0 Å². The number of nitrogens with one attached hydrogen (secondary N) is 1. The Morgan fingerprint density at radius 2 is 1.96 bits per heavy atom. The van der Waals surface area contributed by atoms with Crippen molar-refractivity contribution in [2.24, 2.45) is 0 Å². The van der Waals surface area contributed by atoms with E-state index in [1.807, 2.05) is 6.92 Å². The number of aromatic nitrogens is 2. The second-order valence-corrected chi connectivity index (χ2v) is 9.90. The van der Waals surface area contributed by atoms with Gasteiger partial charge in [-0.2, -0.15) is 0 Å². The van der Waals surface area contributed by atoms with Gasteiger partial charge < -0.3 is 5.32 Å². The maximum atomic E-state index is 12.4. The predicted molar refractivity (Wildman–Crippen MR) is 100 cm³/mol. The Kier molecular flexibility index (Phi) is 8.76. The third-order valence-electron chi connectivity index (χ3n) is 3.96. The zero-order valence-electron chi connectivity index (χ0n) is 14.0. The standard InChI is InChI=1S/C16H27N3OS3/c1-3-4-11-21-15-18-19-16(23-15)22-12(2)14(20)17-13-9-7-5-6-8-10-13/h12-13H,3-11H2,1-2H3,(H,17,20)/t12-/m0/s1. The van der Waals surface area contributed by atoms with Crippen molar-refractivity contribution < 1.29 is 4.79 Å². The normalized spacial score (nSPS) is 17.7. The van der Waals surface area contributed by atoms with E-state index in [1.165, 1.54) is 50.3 Å². The molecule has 7 heteroatoms. The van der Waals surface area contributed by atoms with Crippen molar-refractivity contribution >= 4 is 40.8 Å². The van der Waals surface area contributed by atoms with Gasteiger partial charge in [-0.15, -0.1) is 10.2 Å². The maximum Gasteiger partial charge on any atom is 0.233 e. The summed E-state index contributed by atoms with van der Waals surface area (Å²) in [6.45, 7) is 4.15. The molecule has 1 aromatic heterocycles. The van der Waals surface area contributed by atoms with Gasteiger partial charge in [-0.3, -0.25) is 4.79 Å². The zero-order valence-corrected chi connectivity index (χ0v) is 16.5. The maximum absolute atomic E-state index is 12.4. The molecule has 4 nitrogen and oxygen atoms in total. The average molecular weight is 374 g/mol. The molecule has 0 saturated heterocycles. The van der Waals surface area contributed by atoms with Crippen LogP contribution in [-0.2, 0) is 4.79 Å². The largest absolute Gasteiger partial charge is 0.352 e. The van der Waals surface area contributed by atoms with Crippen LogP contribution in [0.2, 0.25) is 0 Å². The molecule has 1 amide bonds. The van der Waals surface area contributed by atoms with Gasteiger partial charge in [0.25, 0.3) is 0 Å². The van der Waals surface area contributed by atoms with Crippen molar-refractivity contribution in [1.82, 2.24) is 15.5 Å². The van der Waals surface area contributed by atoms with Crippen molar-refractivity contribution in [2.75, 3.05) is 5.75 Å². The zero-order chi connectivity index (χ0) is 16.5. The summed E-state index contributed by atoms with van der Waals surface area (Å²) in [6, 6.07) is 0.364. The molecule has 1 saturated carbocycles. The van der Waals surface area contributed by atoms with E-state index in [-0.39, 0.29) is 11.2 Å². The molecule has 1 aliphatic carbocycles. The Labute approximate surface area is 152 Å². The van der Waals surface area contributed by atoms with Crippen molar-refractivity contribution in [3.05, 3.63) is 0 Å². The topological polar surface area (TPSA) is 54.9 Å². The molecule has 0 aliphatic heterocycles. The molecule has 1 fully saturated rings. The molecule has 1 aromatic rings. The summed E-state index contributed by atoms with van der Waals surface area (Å²) in [5.74, 6) is 1.23. The number of thioether (sulfide) groups is 2. The van der Waals surface area contributed by atoms with Crippen LogP contribution in [0.5, 0.6) is 0 Å². The molecule has 0 aromatic carbocycles. The van der Waals surface area contributed by atoms with Crippen LogP contribution in [0, 0.1) is 0 Å². The predicted octanol–water partition coefficient (Wildman–Crippen LogP) is 4.75. The van der Waals surface area contributed by atoms with E-state index in [0.29, 0.717) is 6.04 Å². The highest BCUT2D eigenvalue weighted by Crippen LogP contribution is 2.31. The summed E-state index contributed by atoms with van der Waals surface area (Å²) in [6.07, 6.45) is 9.74. The van der Waals surface area contributed by atoms with Crippen molar-refractivity contribution in [2.45, 2.75) is 85.2 Å². The highest BCUT2D eigenvalue weighted by Gasteiger charge is 2.21. The third kappa shape index (κ3) is 7.01. The summed E-state index contributed by atoms with van der Waals surface area (Å²) < 4.78 is 1.91.